The van der Waals surface area contributed by atoms with Crippen molar-refractivity contribution in [1.29, 1.82) is 0 Å². The minimum atomic E-state index is 0.246. The highest BCUT2D eigenvalue weighted by Crippen LogP contribution is 2.42. The van der Waals surface area contributed by atoms with Crippen LogP contribution in [0.5, 0.6) is 0 Å². The minimum absolute atomic E-state index is 0.246. The van der Waals surface area contributed by atoms with Crippen molar-refractivity contribution in [3.05, 3.63) is 48.0 Å². The first-order valence-corrected chi connectivity index (χ1v) is 12.5. The molecule has 2 aliphatic carbocycles. The van der Waals surface area contributed by atoms with Crippen molar-refractivity contribution in [3.8, 4) is 0 Å². The molecular formula is C28H44O. The maximum atomic E-state index is 5.54. The molecule has 1 aromatic carbocycles. The van der Waals surface area contributed by atoms with Crippen LogP contribution in [0, 0.1) is 23.7 Å². The molecule has 29 heavy (non-hydrogen) atoms. The number of ether oxygens (including phenoxy) is 1. The molecule has 0 heterocycles. The molecule has 2 saturated carbocycles. The highest BCUT2D eigenvalue weighted by Gasteiger charge is 2.30. The number of allylic oxidation sites excluding steroid dienone is 1. The smallest absolute Gasteiger partial charge is 0.0818 e. The summed E-state index contributed by atoms with van der Waals surface area (Å²) in [6, 6.07) is 9.14. The lowest BCUT2D eigenvalue weighted by atomic mass is 9.68. The van der Waals surface area contributed by atoms with Crippen molar-refractivity contribution >= 4 is 0 Å². The van der Waals surface area contributed by atoms with E-state index in [-0.39, 0.29) is 6.10 Å². The molecule has 2 aliphatic rings. The van der Waals surface area contributed by atoms with Gasteiger partial charge in [0.25, 0.3) is 0 Å². The average molecular weight is 397 g/mol. The summed E-state index contributed by atoms with van der Waals surface area (Å²) in [7, 11) is 1.81. The number of methoxy groups -OCH3 is 1. The predicted molar refractivity (Wildman–Crippen MR) is 125 cm³/mol. The van der Waals surface area contributed by atoms with Crippen LogP contribution in [-0.4, -0.2) is 7.11 Å². The summed E-state index contributed by atoms with van der Waals surface area (Å²) in [5.74, 6) is 3.88. The maximum Gasteiger partial charge on any atom is 0.0818 e. The molecule has 1 aromatic rings. The number of hydrogen-bond acceptors (Lipinski definition) is 1. The van der Waals surface area contributed by atoms with E-state index in [4.69, 9.17) is 4.74 Å². The summed E-state index contributed by atoms with van der Waals surface area (Å²) in [5, 5.41) is 0. The van der Waals surface area contributed by atoms with E-state index in [1.54, 1.807) is 0 Å². The number of hydrogen-bond donors (Lipinski definition) is 0. The molecule has 1 atom stereocenters. The van der Waals surface area contributed by atoms with Gasteiger partial charge in [-0.15, -0.1) is 6.58 Å². The molecule has 162 valence electrons. The second-order valence-corrected chi connectivity index (χ2v) is 9.81. The summed E-state index contributed by atoms with van der Waals surface area (Å²) in [4.78, 5) is 0. The van der Waals surface area contributed by atoms with E-state index in [1.165, 1.54) is 88.2 Å². The number of aryl methyl sites for hydroxylation is 1. The van der Waals surface area contributed by atoms with E-state index in [9.17, 15) is 0 Å². The van der Waals surface area contributed by atoms with Crippen LogP contribution >= 0.6 is 0 Å². The van der Waals surface area contributed by atoms with Crippen LogP contribution in [-0.2, 0) is 11.2 Å². The predicted octanol–water partition coefficient (Wildman–Crippen LogP) is 8.30. The first-order valence-electron chi connectivity index (χ1n) is 12.5. The second-order valence-electron chi connectivity index (χ2n) is 9.81. The second kappa shape index (κ2) is 11.9. The van der Waals surface area contributed by atoms with Crippen molar-refractivity contribution in [3.63, 3.8) is 0 Å². The standard InChI is InChI=1S/C28H44O/c1-4-22-10-16-25(17-11-22)26-18-12-23(13-19-26)8-6-7-9-24-14-20-27(21-15-24)28(5-2)29-3/h4,14-15,20-23,25-26,28H,1,5-13,16-19H2,2-3H3/t22-,23?,25-,26?,28?. The van der Waals surface area contributed by atoms with E-state index < -0.39 is 0 Å². The average Bonchev–Trinajstić information content (AvgIpc) is 2.79. The van der Waals surface area contributed by atoms with Crippen LogP contribution < -0.4 is 0 Å². The van der Waals surface area contributed by atoms with Gasteiger partial charge in [0.15, 0.2) is 0 Å². The van der Waals surface area contributed by atoms with Crippen LogP contribution in [0.4, 0.5) is 0 Å². The summed E-state index contributed by atoms with van der Waals surface area (Å²) in [6.45, 7) is 6.18. The van der Waals surface area contributed by atoms with Gasteiger partial charge in [0.2, 0.25) is 0 Å². The number of unbranched alkanes of at least 4 members (excludes halogenated alkanes) is 1. The van der Waals surface area contributed by atoms with E-state index in [0.717, 1.165) is 30.1 Å². The molecule has 0 saturated heterocycles. The van der Waals surface area contributed by atoms with E-state index >= 15 is 0 Å². The highest BCUT2D eigenvalue weighted by atomic mass is 16.5. The van der Waals surface area contributed by atoms with Gasteiger partial charge < -0.3 is 4.74 Å². The lowest BCUT2D eigenvalue weighted by Crippen LogP contribution is -2.25. The molecule has 0 aliphatic heterocycles. The Bertz CT molecular complexity index is 569. The summed E-state index contributed by atoms with van der Waals surface area (Å²) < 4.78 is 5.54. The van der Waals surface area contributed by atoms with E-state index in [2.05, 4.69) is 43.8 Å². The first kappa shape index (κ1) is 22.6. The molecular weight excluding hydrogens is 352 g/mol. The fraction of sp³-hybridized carbons (Fsp3) is 0.714. The molecule has 0 bridgehead atoms. The van der Waals surface area contributed by atoms with Crippen molar-refractivity contribution in [2.75, 3.05) is 7.11 Å². The molecule has 2 fully saturated rings. The zero-order chi connectivity index (χ0) is 20.5. The molecule has 1 nitrogen and oxygen atoms in total. The van der Waals surface area contributed by atoms with Gasteiger partial charge in [-0.3, -0.25) is 0 Å². The van der Waals surface area contributed by atoms with Crippen LogP contribution in [0.2, 0.25) is 0 Å². The Hall–Kier alpha value is -1.08. The first-order chi connectivity index (χ1) is 14.2. The van der Waals surface area contributed by atoms with Gasteiger partial charge in [-0.1, -0.05) is 62.9 Å². The van der Waals surface area contributed by atoms with Crippen LogP contribution in [0.1, 0.15) is 101 Å². The third-order valence-corrected chi connectivity index (χ3v) is 8.04. The van der Waals surface area contributed by atoms with Crippen LogP contribution in [0.15, 0.2) is 36.9 Å². The van der Waals surface area contributed by atoms with Gasteiger partial charge >= 0.3 is 0 Å². The van der Waals surface area contributed by atoms with Crippen LogP contribution in [0.3, 0.4) is 0 Å². The Morgan fingerprint density at radius 2 is 1.55 bits per heavy atom. The fourth-order valence-electron chi connectivity index (χ4n) is 6.00. The van der Waals surface area contributed by atoms with Gasteiger partial charge in [0.05, 0.1) is 6.10 Å². The molecule has 0 spiro atoms. The van der Waals surface area contributed by atoms with Gasteiger partial charge in [-0.25, -0.2) is 0 Å². The van der Waals surface area contributed by atoms with Crippen molar-refractivity contribution in [1.82, 2.24) is 0 Å². The fourth-order valence-corrected chi connectivity index (χ4v) is 6.00. The Labute approximate surface area is 180 Å². The van der Waals surface area contributed by atoms with Gasteiger partial charge in [0, 0.05) is 7.11 Å². The largest absolute Gasteiger partial charge is 0.377 e. The molecule has 0 amide bonds. The summed E-state index contributed by atoms with van der Waals surface area (Å²) in [6.07, 6.45) is 20.6. The van der Waals surface area contributed by atoms with Crippen molar-refractivity contribution in [2.45, 2.75) is 96.5 Å². The van der Waals surface area contributed by atoms with Crippen molar-refractivity contribution in [2.24, 2.45) is 23.7 Å². The lowest BCUT2D eigenvalue weighted by molar-refractivity contribution is 0.100. The van der Waals surface area contributed by atoms with Crippen LogP contribution in [0.25, 0.3) is 0 Å². The highest BCUT2D eigenvalue weighted by molar-refractivity contribution is 5.24. The molecule has 0 aromatic heterocycles. The summed E-state index contributed by atoms with van der Waals surface area (Å²) in [5.41, 5.74) is 2.80. The molecule has 1 heteroatoms. The van der Waals surface area contributed by atoms with Gasteiger partial charge in [-0.2, -0.15) is 0 Å². The van der Waals surface area contributed by atoms with Crippen molar-refractivity contribution < 1.29 is 4.74 Å². The maximum absolute atomic E-state index is 5.54. The van der Waals surface area contributed by atoms with E-state index in [0.29, 0.717) is 0 Å². The zero-order valence-corrected chi connectivity index (χ0v) is 19.1. The quantitative estimate of drug-likeness (QED) is 0.285. The Morgan fingerprint density at radius 3 is 2.10 bits per heavy atom. The zero-order valence-electron chi connectivity index (χ0n) is 19.1. The SMILES string of the molecule is C=C[C@H]1CC[C@H](C2CCC(CCCCc3ccc(C(CC)OC)cc3)CC2)CC1. The van der Waals surface area contributed by atoms with E-state index in [1.807, 2.05) is 7.11 Å². The third kappa shape index (κ3) is 6.71. The normalized spacial score (nSPS) is 28.8. The lowest BCUT2D eigenvalue weighted by Gasteiger charge is -2.37. The number of rotatable bonds is 10. The van der Waals surface area contributed by atoms with Gasteiger partial charge in [0.1, 0.15) is 0 Å². The third-order valence-electron chi connectivity index (χ3n) is 8.04. The molecule has 1 unspecified atom stereocenters. The Kier molecular flexibility index (Phi) is 9.31. The minimum Gasteiger partial charge on any atom is -0.377 e. The molecule has 0 radical (unpaired) electrons. The Morgan fingerprint density at radius 1 is 0.931 bits per heavy atom. The summed E-state index contributed by atoms with van der Waals surface area (Å²) >= 11 is 0. The monoisotopic (exact) mass is 396 g/mol. The molecule has 3 rings (SSSR count). The molecule has 0 N–H and O–H groups in total. The Balaban J connectivity index is 1.29. The topological polar surface area (TPSA) is 9.23 Å². The van der Waals surface area contributed by atoms with Gasteiger partial charge in [-0.05, 0) is 92.6 Å². The number of benzene rings is 1.